The Morgan fingerprint density at radius 1 is 1.15 bits per heavy atom. The third-order valence-electron chi connectivity index (χ3n) is 4.61. The minimum absolute atomic E-state index is 0.158. The van der Waals surface area contributed by atoms with Gasteiger partial charge in [-0.25, -0.2) is 9.79 Å². The van der Waals surface area contributed by atoms with Crippen LogP contribution in [0.5, 0.6) is 11.5 Å². The molecule has 1 heterocycles. The lowest BCUT2D eigenvalue weighted by atomic mass is 10.1. The van der Waals surface area contributed by atoms with Gasteiger partial charge in [-0.2, -0.15) is 0 Å². The smallest absolute Gasteiger partial charge is 0.363 e. The topological polar surface area (TPSA) is 57.1 Å². The monoisotopic (exact) mass is 657 g/mol. The maximum atomic E-state index is 12.4. The fourth-order valence-corrected chi connectivity index (χ4v) is 4.27. The highest BCUT2D eigenvalue weighted by Gasteiger charge is 2.25. The lowest BCUT2D eigenvalue weighted by Crippen LogP contribution is -2.05. The number of rotatable bonds is 6. The number of benzene rings is 3. The van der Waals surface area contributed by atoms with E-state index in [0.29, 0.717) is 32.7 Å². The molecule has 9 heteroatoms. The van der Waals surface area contributed by atoms with Gasteiger partial charge in [0.25, 0.3) is 0 Å². The van der Waals surface area contributed by atoms with Crippen LogP contribution in [0.4, 0.5) is 0 Å². The van der Waals surface area contributed by atoms with Gasteiger partial charge in [0.15, 0.2) is 17.2 Å². The van der Waals surface area contributed by atoms with Crippen LogP contribution in [0.15, 0.2) is 69.8 Å². The van der Waals surface area contributed by atoms with E-state index in [9.17, 15) is 4.79 Å². The van der Waals surface area contributed by atoms with Crippen molar-refractivity contribution in [2.75, 3.05) is 7.11 Å². The molecule has 3 aromatic carbocycles. The van der Waals surface area contributed by atoms with Gasteiger partial charge in [-0.3, -0.25) is 0 Å². The molecule has 0 bridgehead atoms. The standard InChI is InChI=1S/C24H15BrCl2INO4/c1-31-21-10-14(8-18(27)22(21)32-12-13-3-2-4-16(26)7-13)9-20-24(30)33-23(29-20)15-5-6-19(28)17(25)11-15/h2-11H,12H2,1H3/b20-9-. The van der Waals surface area contributed by atoms with Crippen LogP contribution in [0.25, 0.3) is 6.08 Å². The summed E-state index contributed by atoms with van der Waals surface area (Å²) in [6, 6.07) is 16.3. The van der Waals surface area contributed by atoms with E-state index in [4.69, 9.17) is 37.4 Å². The second-order valence-electron chi connectivity index (χ2n) is 6.92. The van der Waals surface area contributed by atoms with Crippen molar-refractivity contribution in [2.24, 2.45) is 4.99 Å². The molecule has 0 radical (unpaired) electrons. The van der Waals surface area contributed by atoms with Crippen molar-refractivity contribution >= 4 is 79.7 Å². The van der Waals surface area contributed by atoms with Crippen LogP contribution < -0.4 is 9.47 Å². The van der Waals surface area contributed by atoms with E-state index in [2.05, 4.69) is 43.5 Å². The molecule has 0 aliphatic carbocycles. The molecular weight excluding hydrogens is 644 g/mol. The molecule has 0 saturated carbocycles. The molecule has 0 aromatic heterocycles. The van der Waals surface area contributed by atoms with Gasteiger partial charge in [-0.05, 0) is 98.2 Å². The van der Waals surface area contributed by atoms with Crippen LogP contribution in [-0.4, -0.2) is 19.0 Å². The van der Waals surface area contributed by atoms with Crippen molar-refractivity contribution in [1.82, 2.24) is 0 Å². The summed E-state index contributed by atoms with van der Waals surface area (Å²) in [6.45, 7) is 0.266. The van der Waals surface area contributed by atoms with Crippen LogP contribution >= 0.6 is 61.7 Å². The Bertz CT molecular complexity index is 1310. The molecule has 0 unspecified atom stereocenters. The molecule has 0 saturated heterocycles. The van der Waals surface area contributed by atoms with Crippen LogP contribution in [0.3, 0.4) is 0 Å². The molecule has 0 spiro atoms. The first-order valence-corrected chi connectivity index (χ1v) is 12.2. The highest BCUT2D eigenvalue weighted by atomic mass is 127. The molecule has 3 aromatic rings. The number of hydrogen-bond acceptors (Lipinski definition) is 5. The van der Waals surface area contributed by atoms with Crippen LogP contribution in [0.1, 0.15) is 16.7 Å². The fraction of sp³-hybridized carbons (Fsp3) is 0.0833. The normalized spacial score (nSPS) is 14.3. The molecule has 4 rings (SSSR count). The maximum absolute atomic E-state index is 12.4. The third-order valence-corrected chi connectivity index (χ3v) is 7.47. The molecule has 0 fully saturated rings. The molecule has 0 N–H and O–H groups in total. The number of cyclic esters (lactones) is 1. The van der Waals surface area contributed by atoms with Crippen LogP contribution in [0.2, 0.25) is 10.0 Å². The molecule has 1 aliphatic heterocycles. The SMILES string of the molecule is COc1cc(/C=C2\N=C(c3ccc(I)c(Br)c3)OC2=O)cc(Cl)c1OCc1cccc(Cl)c1. The van der Waals surface area contributed by atoms with Gasteiger partial charge in [0.1, 0.15) is 6.61 Å². The van der Waals surface area contributed by atoms with Gasteiger partial charge < -0.3 is 14.2 Å². The average Bonchev–Trinajstić information content (AvgIpc) is 3.14. The summed E-state index contributed by atoms with van der Waals surface area (Å²) in [6.07, 6.45) is 1.59. The Hall–Kier alpha value is -2.07. The fourth-order valence-electron chi connectivity index (χ4n) is 3.07. The number of aliphatic imine (C=N–C) groups is 1. The van der Waals surface area contributed by atoms with Crippen molar-refractivity contribution in [1.29, 1.82) is 0 Å². The van der Waals surface area contributed by atoms with Gasteiger partial charge in [0.2, 0.25) is 5.90 Å². The molecule has 5 nitrogen and oxygen atoms in total. The largest absolute Gasteiger partial charge is 0.493 e. The lowest BCUT2D eigenvalue weighted by molar-refractivity contribution is -0.129. The zero-order valence-electron chi connectivity index (χ0n) is 17.1. The van der Waals surface area contributed by atoms with E-state index < -0.39 is 5.97 Å². The molecule has 168 valence electrons. The second-order valence-corrected chi connectivity index (χ2v) is 9.78. The van der Waals surface area contributed by atoms with Gasteiger partial charge >= 0.3 is 5.97 Å². The number of ether oxygens (including phenoxy) is 3. The maximum Gasteiger partial charge on any atom is 0.363 e. The Morgan fingerprint density at radius 3 is 2.70 bits per heavy atom. The van der Waals surface area contributed by atoms with Crippen molar-refractivity contribution in [3.63, 3.8) is 0 Å². The third kappa shape index (κ3) is 5.71. The first-order chi connectivity index (χ1) is 15.8. The van der Waals surface area contributed by atoms with Crippen molar-refractivity contribution in [3.8, 4) is 11.5 Å². The second kappa shape index (κ2) is 10.5. The quantitative estimate of drug-likeness (QED) is 0.159. The number of carbonyl (C=O) groups excluding carboxylic acids is 1. The number of halogens is 4. The Morgan fingerprint density at radius 2 is 1.97 bits per heavy atom. The van der Waals surface area contributed by atoms with Crippen molar-refractivity contribution < 1.29 is 19.0 Å². The van der Waals surface area contributed by atoms with Crippen molar-refractivity contribution in [2.45, 2.75) is 6.61 Å². The number of methoxy groups -OCH3 is 1. The first kappa shape index (κ1) is 24.1. The minimum Gasteiger partial charge on any atom is -0.493 e. The van der Waals surface area contributed by atoms with Crippen LogP contribution in [0, 0.1) is 3.57 Å². The zero-order chi connectivity index (χ0) is 23.5. The summed E-state index contributed by atoms with van der Waals surface area (Å²) < 4.78 is 18.6. The first-order valence-electron chi connectivity index (χ1n) is 9.57. The predicted octanol–water partition coefficient (Wildman–Crippen LogP) is 7.29. The molecule has 0 amide bonds. The summed E-state index contributed by atoms with van der Waals surface area (Å²) in [5.74, 6) is 0.510. The lowest BCUT2D eigenvalue weighted by Gasteiger charge is -2.13. The highest BCUT2D eigenvalue weighted by Crippen LogP contribution is 2.38. The van der Waals surface area contributed by atoms with Crippen LogP contribution in [-0.2, 0) is 16.1 Å². The van der Waals surface area contributed by atoms with E-state index in [0.717, 1.165) is 13.6 Å². The van der Waals surface area contributed by atoms with Gasteiger partial charge in [0, 0.05) is 18.6 Å². The van der Waals surface area contributed by atoms with E-state index in [-0.39, 0.29) is 18.2 Å². The van der Waals surface area contributed by atoms with Gasteiger partial charge in [0.05, 0.1) is 12.1 Å². The Labute approximate surface area is 222 Å². The van der Waals surface area contributed by atoms with Gasteiger partial charge in [-0.1, -0.05) is 35.3 Å². The zero-order valence-corrected chi connectivity index (χ0v) is 22.3. The van der Waals surface area contributed by atoms with E-state index in [1.807, 2.05) is 36.4 Å². The molecule has 33 heavy (non-hydrogen) atoms. The number of hydrogen-bond donors (Lipinski definition) is 0. The number of carbonyl (C=O) groups is 1. The van der Waals surface area contributed by atoms with Crippen molar-refractivity contribution in [3.05, 3.63) is 95.1 Å². The average molecular weight is 659 g/mol. The summed E-state index contributed by atoms with van der Waals surface area (Å²) in [4.78, 5) is 16.7. The van der Waals surface area contributed by atoms with E-state index in [1.165, 1.54) is 7.11 Å². The highest BCUT2D eigenvalue weighted by molar-refractivity contribution is 14.1. The molecule has 1 aliphatic rings. The molecule has 0 atom stereocenters. The summed E-state index contributed by atoms with van der Waals surface area (Å²) in [5, 5.41) is 0.956. The summed E-state index contributed by atoms with van der Waals surface area (Å²) in [7, 11) is 1.52. The van der Waals surface area contributed by atoms with Gasteiger partial charge in [-0.15, -0.1) is 0 Å². The Balaban J connectivity index is 1.59. The molecular formula is C24H15BrCl2INO4. The van der Waals surface area contributed by atoms with E-state index >= 15 is 0 Å². The minimum atomic E-state index is -0.545. The Kier molecular flexibility index (Phi) is 7.63. The number of esters is 1. The summed E-state index contributed by atoms with van der Waals surface area (Å²) in [5.41, 5.74) is 2.36. The summed E-state index contributed by atoms with van der Waals surface area (Å²) >= 11 is 18.2. The van der Waals surface area contributed by atoms with E-state index in [1.54, 1.807) is 24.3 Å². The number of nitrogens with zero attached hydrogens (tertiary/aromatic N) is 1. The predicted molar refractivity (Wildman–Crippen MR) is 141 cm³/mol.